The number of nitrogens with zero attached hydrogens (tertiary/aromatic N) is 3. The van der Waals surface area contributed by atoms with E-state index in [0.29, 0.717) is 18.4 Å². The Kier molecular flexibility index (Phi) is 5.21. The third-order valence-electron chi connectivity index (χ3n) is 2.19. The van der Waals surface area contributed by atoms with E-state index in [9.17, 15) is 8.78 Å². The van der Waals surface area contributed by atoms with Gasteiger partial charge in [0.1, 0.15) is 5.82 Å². The van der Waals surface area contributed by atoms with E-state index in [0.717, 1.165) is 5.69 Å². The van der Waals surface area contributed by atoms with Crippen LogP contribution in [-0.4, -0.2) is 36.0 Å². The van der Waals surface area contributed by atoms with Crippen LogP contribution in [0.2, 0.25) is 0 Å². The second-order valence-corrected chi connectivity index (χ2v) is 4.17. The molecule has 96 valence electrons. The van der Waals surface area contributed by atoms with Gasteiger partial charge in [-0.05, 0) is 0 Å². The zero-order chi connectivity index (χ0) is 12.8. The van der Waals surface area contributed by atoms with Gasteiger partial charge in [0.15, 0.2) is 0 Å². The summed E-state index contributed by atoms with van der Waals surface area (Å²) in [6, 6.07) is 0.373. The highest BCUT2D eigenvalue weighted by Crippen LogP contribution is 2.08. The van der Waals surface area contributed by atoms with Crippen molar-refractivity contribution in [3.8, 4) is 0 Å². The normalized spacial score (nSPS) is 11.2. The Balaban J connectivity index is 2.55. The number of hydrogen-bond donors (Lipinski definition) is 1. The van der Waals surface area contributed by atoms with Crippen LogP contribution >= 0.6 is 0 Å². The molecule has 0 unspecified atom stereocenters. The first kappa shape index (κ1) is 13.8. The zero-order valence-corrected chi connectivity index (χ0v) is 10.3. The third kappa shape index (κ3) is 5.04. The van der Waals surface area contributed by atoms with Crippen molar-refractivity contribution in [1.82, 2.24) is 15.3 Å². The fourth-order valence-electron chi connectivity index (χ4n) is 1.25. The lowest BCUT2D eigenvalue weighted by Crippen LogP contribution is -2.26. The predicted octanol–water partition coefficient (Wildman–Crippen LogP) is 1.68. The monoisotopic (exact) mass is 244 g/mol. The molecule has 0 aliphatic rings. The van der Waals surface area contributed by atoms with Crippen molar-refractivity contribution in [3.05, 3.63) is 18.1 Å². The Bertz CT molecular complexity index is 327. The molecule has 1 aromatic heterocycles. The third-order valence-corrected chi connectivity index (χ3v) is 2.19. The topological polar surface area (TPSA) is 41.1 Å². The zero-order valence-electron chi connectivity index (χ0n) is 10.3. The summed E-state index contributed by atoms with van der Waals surface area (Å²) in [5.74, 6) is 0.457. The van der Waals surface area contributed by atoms with Crippen LogP contribution in [0.15, 0.2) is 12.4 Å². The Morgan fingerprint density at radius 3 is 2.47 bits per heavy atom. The number of nitrogens with one attached hydrogen (secondary N) is 1. The van der Waals surface area contributed by atoms with Crippen LogP contribution in [0.3, 0.4) is 0 Å². The summed E-state index contributed by atoms with van der Waals surface area (Å²) in [4.78, 5) is 9.65. The molecule has 0 fully saturated rings. The minimum Gasteiger partial charge on any atom is -0.353 e. The number of anilines is 1. The smallest absolute Gasteiger partial charge is 0.255 e. The van der Waals surface area contributed by atoms with Crippen LogP contribution in [0.5, 0.6) is 0 Å². The first-order chi connectivity index (χ1) is 7.99. The van der Waals surface area contributed by atoms with E-state index in [-0.39, 0.29) is 6.54 Å². The van der Waals surface area contributed by atoms with Gasteiger partial charge in [0.2, 0.25) is 0 Å². The van der Waals surface area contributed by atoms with Crippen molar-refractivity contribution >= 4 is 5.82 Å². The summed E-state index contributed by atoms with van der Waals surface area (Å²) in [5.41, 5.74) is 0.799. The molecular formula is C11H18F2N4. The Hall–Kier alpha value is -1.30. The van der Waals surface area contributed by atoms with Gasteiger partial charge >= 0.3 is 0 Å². The van der Waals surface area contributed by atoms with Gasteiger partial charge in [-0.25, -0.2) is 13.8 Å². The second kappa shape index (κ2) is 6.44. The average Bonchev–Trinajstić information content (AvgIpc) is 2.26. The van der Waals surface area contributed by atoms with E-state index in [2.05, 4.69) is 15.3 Å². The maximum atomic E-state index is 12.2. The lowest BCUT2D eigenvalue weighted by atomic mass is 10.3. The number of hydrogen-bond acceptors (Lipinski definition) is 4. The van der Waals surface area contributed by atoms with Crippen LogP contribution < -0.4 is 10.2 Å². The quantitative estimate of drug-likeness (QED) is 0.826. The number of rotatable bonds is 6. The predicted molar refractivity (Wildman–Crippen MR) is 63.3 cm³/mol. The van der Waals surface area contributed by atoms with Crippen molar-refractivity contribution in [1.29, 1.82) is 0 Å². The van der Waals surface area contributed by atoms with Crippen molar-refractivity contribution in [2.24, 2.45) is 0 Å². The number of halogens is 2. The van der Waals surface area contributed by atoms with Gasteiger partial charge in [0.05, 0.1) is 24.6 Å². The van der Waals surface area contributed by atoms with E-state index < -0.39 is 6.43 Å². The molecule has 1 heterocycles. The van der Waals surface area contributed by atoms with Gasteiger partial charge in [0.25, 0.3) is 6.43 Å². The molecule has 17 heavy (non-hydrogen) atoms. The first-order valence-electron chi connectivity index (χ1n) is 5.52. The molecule has 0 saturated carbocycles. The summed E-state index contributed by atoms with van der Waals surface area (Å²) in [6.45, 7) is 4.37. The lowest BCUT2D eigenvalue weighted by molar-refractivity contribution is 0.156. The molecule has 0 aliphatic carbocycles. The van der Waals surface area contributed by atoms with E-state index in [1.807, 2.05) is 13.8 Å². The molecule has 1 N–H and O–H groups in total. The largest absolute Gasteiger partial charge is 0.353 e. The van der Waals surface area contributed by atoms with Crippen LogP contribution in [0.4, 0.5) is 14.6 Å². The SMILES string of the molecule is CC(C)NCc1cnc(N(C)CC(F)F)cn1. The van der Waals surface area contributed by atoms with Crippen molar-refractivity contribution < 1.29 is 8.78 Å². The summed E-state index contributed by atoms with van der Waals surface area (Å²) < 4.78 is 24.3. The van der Waals surface area contributed by atoms with Gasteiger partial charge in [-0.15, -0.1) is 0 Å². The highest BCUT2D eigenvalue weighted by atomic mass is 19.3. The molecule has 1 rings (SSSR count). The molecule has 0 aliphatic heterocycles. The molecule has 0 saturated heterocycles. The van der Waals surface area contributed by atoms with Gasteiger partial charge in [-0.3, -0.25) is 4.98 Å². The molecule has 0 radical (unpaired) electrons. The number of alkyl halides is 2. The van der Waals surface area contributed by atoms with Crippen molar-refractivity contribution in [2.45, 2.75) is 32.9 Å². The van der Waals surface area contributed by atoms with E-state index >= 15 is 0 Å². The molecule has 4 nitrogen and oxygen atoms in total. The van der Waals surface area contributed by atoms with Crippen LogP contribution in [-0.2, 0) is 6.54 Å². The van der Waals surface area contributed by atoms with Crippen LogP contribution in [0.1, 0.15) is 19.5 Å². The fraction of sp³-hybridized carbons (Fsp3) is 0.636. The second-order valence-electron chi connectivity index (χ2n) is 4.17. The summed E-state index contributed by atoms with van der Waals surface area (Å²) in [6.07, 6.45) is 0.746. The molecule has 0 bridgehead atoms. The Labute approximate surface area is 100 Å². The highest BCUT2D eigenvalue weighted by Gasteiger charge is 2.09. The Morgan fingerprint density at radius 1 is 1.29 bits per heavy atom. The summed E-state index contributed by atoms with van der Waals surface area (Å²) in [7, 11) is 1.57. The Morgan fingerprint density at radius 2 is 2.00 bits per heavy atom. The first-order valence-corrected chi connectivity index (χ1v) is 5.52. The maximum absolute atomic E-state index is 12.2. The van der Waals surface area contributed by atoms with Gasteiger partial charge < -0.3 is 10.2 Å². The summed E-state index contributed by atoms with van der Waals surface area (Å²) in [5, 5.41) is 3.21. The van der Waals surface area contributed by atoms with Crippen LogP contribution in [0, 0.1) is 0 Å². The van der Waals surface area contributed by atoms with Crippen LogP contribution in [0.25, 0.3) is 0 Å². The molecule has 6 heteroatoms. The van der Waals surface area contributed by atoms with Gasteiger partial charge in [-0.1, -0.05) is 13.8 Å². The van der Waals surface area contributed by atoms with Crippen molar-refractivity contribution in [2.75, 3.05) is 18.5 Å². The molecule has 1 aromatic rings. The molecule has 0 amide bonds. The highest BCUT2D eigenvalue weighted by molar-refractivity contribution is 5.34. The van der Waals surface area contributed by atoms with Gasteiger partial charge in [0, 0.05) is 19.6 Å². The molecule has 0 aromatic carbocycles. The number of aromatic nitrogens is 2. The van der Waals surface area contributed by atoms with E-state index in [1.54, 1.807) is 13.2 Å². The van der Waals surface area contributed by atoms with Gasteiger partial charge in [-0.2, -0.15) is 0 Å². The van der Waals surface area contributed by atoms with E-state index in [1.165, 1.54) is 11.1 Å². The molecule has 0 atom stereocenters. The van der Waals surface area contributed by atoms with Crippen molar-refractivity contribution in [3.63, 3.8) is 0 Å². The summed E-state index contributed by atoms with van der Waals surface area (Å²) >= 11 is 0. The molecular weight excluding hydrogens is 226 g/mol. The minimum absolute atomic E-state index is 0.335. The minimum atomic E-state index is -2.37. The van der Waals surface area contributed by atoms with E-state index in [4.69, 9.17) is 0 Å². The maximum Gasteiger partial charge on any atom is 0.255 e. The average molecular weight is 244 g/mol. The standard InChI is InChI=1S/C11H18F2N4/c1-8(2)14-4-9-5-16-11(6-15-9)17(3)7-10(12)13/h5-6,8,10,14H,4,7H2,1-3H3. The molecule has 0 spiro atoms. The fourth-order valence-corrected chi connectivity index (χ4v) is 1.25. The lowest BCUT2D eigenvalue weighted by Gasteiger charge is -2.17.